The van der Waals surface area contributed by atoms with Crippen molar-refractivity contribution in [2.45, 2.75) is 26.4 Å². The van der Waals surface area contributed by atoms with Crippen molar-refractivity contribution in [2.75, 3.05) is 5.32 Å². The van der Waals surface area contributed by atoms with Crippen molar-refractivity contribution in [1.29, 1.82) is 0 Å². The van der Waals surface area contributed by atoms with Crippen molar-refractivity contribution in [3.8, 4) is 5.75 Å². The monoisotopic (exact) mass is 430 g/mol. The number of hydrogen-bond acceptors (Lipinski definition) is 4. The van der Waals surface area contributed by atoms with Gasteiger partial charge in [-0.1, -0.05) is 40.2 Å². The fraction of sp³-hybridized carbons (Fsp3) is 0.200. The first-order chi connectivity index (χ1) is 12.5. The lowest BCUT2D eigenvalue weighted by atomic mass is 10.1. The number of carbonyl (C=O) groups is 1. The Hall–Kier alpha value is -2.18. The lowest BCUT2D eigenvalue weighted by Crippen LogP contribution is -2.30. The highest BCUT2D eigenvalue weighted by Crippen LogP contribution is 2.22. The van der Waals surface area contributed by atoms with E-state index in [9.17, 15) is 4.79 Å². The Morgan fingerprint density at radius 2 is 2.04 bits per heavy atom. The number of amides is 1. The molecule has 0 bridgehead atoms. The number of ether oxygens (including phenoxy) is 1. The summed E-state index contributed by atoms with van der Waals surface area (Å²) < 4.78 is 6.76. The highest BCUT2D eigenvalue weighted by Gasteiger charge is 2.16. The fourth-order valence-electron chi connectivity index (χ4n) is 2.40. The molecule has 1 unspecified atom stereocenters. The van der Waals surface area contributed by atoms with E-state index < -0.39 is 6.10 Å². The molecule has 134 valence electrons. The van der Waals surface area contributed by atoms with Crippen LogP contribution in [-0.4, -0.2) is 17.0 Å². The van der Waals surface area contributed by atoms with Crippen molar-refractivity contribution < 1.29 is 9.53 Å². The quantitative estimate of drug-likeness (QED) is 0.583. The number of anilines is 1. The van der Waals surface area contributed by atoms with Gasteiger partial charge in [-0.2, -0.15) is 0 Å². The van der Waals surface area contributed by atoms with Gasteiger partial charge in [-0.25, -0.2) is 4.98 Å². The molecule has 3 rings (SSSR count). The number of aryl methyl sites for hydroxylation is 1. The number of aromatic nitrogens is 1. The van der Waals surface area contributed by atoms with E-state index in [0.29, 0.717) is 10.9 Å². The van der Waals surface area contributed by atoms with Gasteiger partial charge in [0.2, 0.25) is 0 Å². The van der Waals surface area contributed by atoms with Crippen LogP contribution in [0.5, 0.6) is 5.75 Å². The van der Waals surface area contributed by atoms with E-state index in [1.165, 1.54) is 16.9 Å². The maximum atomic E-state index is 12.3. The highest BCUT2D eigenvalue weighted by atomic mass is 79.9. The lowest BCUT2D eigenvalue weighted by Gasteiger charge is -2.14. The molecule has 1 atom stereocenters. The van der Waals surface area contributed by atoms with E-state index in [1.54, 1.807) is 13.1 Å². The Morgan fingerprint density at radius 3 is 2.77 bits per heavy atom. The number of rotatable bonds is 6. The number of benzene rings is 2. The molecule has 1 amide bonds. The number of nitrogens with zero attached hydrogens (tertiary/aromatic N) is 1. The highest BCUT2D eigenvalue weighted by molar-refractivity contribution is 9.10. The van der Waals surface area contributed by atoms with E-state index in [-0.39, 0.29) is 5.91 Å². The molecule has 0 aliphatic heterocycles. The van der Waals surface area contributed by atoms with Gasteiger partial charge in [0.15, 0.2) is 11.2 Å². The number of hydrogen-bond donors (Lipinski definition) is 1. The molecule has 0 saturated heterocycles. The zero-order valence-electron chi connectivity index (χ0n) is 14.5. The summed E-state index contributed by atoms with van der Waals surface area (Å²) in [5, 5.41) is 3.41. The summed E-state index contributed by atoms with van der Waals surface area (Å²) in [4.78, 5) is 17.7. The summed E-state index contributed by atoms with van der Waals surface area (Å²) in [6, 6.07) is 15.8. The minimum atomic E-state index is -0.601. The van der Waals surface area contributed by atoms with Crippen LogP contribution in [0.4, 0.5) is 5.13 Å². The first-order valence-corrected chi connectivity index (χ1v) is 9.84. The van der Waals surface area contributed by atoms with Crippen LogP contribution in [-0.2, 0) is 11.2 Å². The molecular weight excluding hydrogens is 412 g/mol. The summed E-state index contributed by atoms with van der Waals surface area (Å²) in [7, 11) is 0. The number of halogens is 1. The molecular formula is C20H19BrN2O2S. The van der Waals surface area contributed by atoms with Crippen molar-refractivity contribution in [2.24, 2.45) is 0 Å². The van der Waals surface area contributed by atoms with Crippen LogP contribution in [0.2, 0.25) is 0 Å². The minimum Gasteiger partial charge on any atom is -0.481 e. The molecule has 0 saturated carbocycles. The molecule has 2 aromatic carbocycles. The molecule has 0 aliphatic carbocycles. The average Bonchev–Trinajstić information content (AvgIpc) is 3.04. The maximum absolute atomic E-state index is 12.3. The molecule has 1 N–H and O–H groups in total. The largest absolute Gasteiger partial charge is 0.481 e. The van der Waals surface area contributed by atoms with E-state index in [2.05, 4.69) is 38.4 Å². The second-order valence-corrected chi connectivity index (χ2v) is 8.03. The summed E-state index contributed by atoms with van der Waals surface area (Å²) in [5.74, 6) is 0.471. The molecule has 3 aromatic rings. The van der Waals surface area contributed by atoms with Gasteiger partial charge in [-0.05, 0) is 49.2 Å². The Morgan fingerprint density at radius 1 is 1.27 bits per heavy atom. The number of thiazole rings is 1. The third-order valence-corrected chi connectivity index (χ3v) is 5.19. The number of carbonyl (C=O) groups excluding carboxylic acids is 1. The van der Waals surface area contributed by atoms with Crippen LogP contribution in [0.15, 0.2) is 59.2 Å². The Balaban J connectivity index is 1.57. The molecule has 4 nitrogen and oxygen atoms in total. The molecule has 1 aromatic heterocycles. The van der Waals surface area contributed by atoms with Crippen molar-refractivity contribution in [1.82, 2.24) is 4.98 Å². The smallest absolute Gasteiger partial charge is 0.266 e. The van der Waals surface area contributed by atoms with Gasteiger partial charge in [0.05, 0.1) is 0 Å². The van der Waals surface area contributed by atoms with Crippen LogP contribution < -0.4 is 10.1 Å². The number of nitrogens with one attached hydrogen (secondary N) is 1. The van der Waals surface area contributed by atoms with Crippen LogP contribution in [0.3, 0.4) is 0 Å². The van der Waals surface area contributed by atoms with E-state index in [1.807, 2.05) is 43.3 Å². The van der Waals surface area contributed by atoms with Gasteiger partial charge in [0, 0.05) is 22.0 Å². The molecule has 0 spiro atoms. The first kappa shape index (κ1) is 18.6. The van der Waals surface area contributed by atoms with E-state index in [4.69, 9.17) is 4.74 Å². The molecule has 1 heterocycles. The first-order valence-electron chi connectivity index (χ1n) is 8.23. The van der Waals surface area contributed by atoms with Gasteiger partial charge in [0.25, 0.3) is 5.91 Å². The Bertz CT molecular complexity index is 893. The van der Waals surface area contributed by atoms with Crippen LogP contribution in [0.1, 0.15) is 22.9 Å². The normalized spacial score (nSPS) is 11.8. The van der Waals surface area contributed by atoms with Crippen molar-refractivity contribution in [3.63, 3.8) is 0 Å². The predicted octanol–water partition coefficient (Wildman–Crippen LogP) is 5.21. The summed E-state index contributed by atoms with van der Waals surface area (Å²) in [5.41, 5.74) is 2.29. The van der Waals surface area contributed by atoms with Gasteiger partial charge >= 0.3 is 0 Å². The van der Waals surface area contributed by atoms with Gasteiger partial charge in [0.1, 0.15) is 5.75 Å². The van der Waals surface area contributed by atoms with Crippen LogP contribution >= 0.6 is 27.3 Å². The SMILES string of the molecule is Cc1cccc(OC(C)C(=O)Nc2ncc(Cc3ccc(Br)cc3)s2)c1. The molecule has 0 radical (unpaired) electrons. The average molecular weight is 431 g/mol. The maximum Gasteiger partial charge on any atom is 0.266 e. The third-order valence-electron chi connectivity index (χ3n) is 3.75. The summed E-state index contributed by atoms with van der Waals surface area (Å²) >= 11 is 4.91. The zero-order valence-corrected chi connectivity index (χ0v) is 16.9. The lowest BCUT2D eigenvalue weighted by molar-refractivity contribution is -0.122. The van der Waals surface area contributed by atoms with E-state index >= 15 is 0 Å². The second-order valence-electron chi connectivity index (χ2n) is 6.00. The third kappa shape index (κ3) is 5.16. The molecule has 0 aliphatic rings. The Kier molecular flexibility index (Phi) is 6.06. The van der Waals surface area contributed by atoms with Crippen LogP contribution in [0, 0.1) is 6.92 Å². The topological polar surface area (TPSA) is 51.2 Å². The minimum absolute atomic E-state index is 0.212. The van der Waals surface area contributed by atoms with Crippen LogP contribution in [0.25, 0.3) is 0 Å². The zero-order chi connectivity index (χ0) is 18.5. The van der Waals surface area contributed by atoms with Crippen molar-refractivity contribution >= 4 is 38.3 Å². The standard InChI is InChI=1S/C20H19BrN2O2S/c1-13-4-3-5-17(10-13)25-14(2)19(24)23-20-22-12-18(26-20)11-15-6-8-16(21)9-7-15/h3-10,12,14H,11H2,1-2H3,(H,22,23,24). The molecule has 6 heteroatoms. The Labute approximate surface area is 165 Å². The van der Waals surface area contributed by atoms with Crippen molar-refractivity contribution in [3.05, 3.63) is 75.2 Å². The summed E-state index contributed by atoms with van der Waals surface area (Å²) in [6.07, 6.45) is 1.99. The molecule has 26 heavy (non-hydrogen) atoms. The van der Waals surface area contributed by atoms with E-state index in [0.717, 1.165) is 21.3 Å². The summed E-state index contributed by atoms with van der Waals surface area (Å²) in [6.45, 7) is 3.72. The van der Waals surface area contributed by atoms with Gasteiger partial charge < -0.3 is 4.74 Å². The second kappa shape index (κ2) is 8.47. The molecule has 0 fully saturated rings. The fourth-order valence-corrected chi connectivity index (χ4v) is 3.52. The van der Waals surface area contributed by atoms with Gasteiger partial charge in [-0.15, -0.1) is 11.3 Å². The predicted molar refractivity (Wildman–Crippen MR) is 109 cm³/mol. The van der Waals surface area contributed by atoms with Gasteiger partial charge in [-0.3, -0.25) is 10.1 Å².